The smallest absolute Gasteiger partial charge is 0.0462 e. The van der Waals surface area contributed by atoms with Crippen LogP contribution in [0, 0.1) is 5.92 Å². The Bertz CT molecular complexity index is 86.2. The maximum Gasteiger partial charge on any atom is 0.0462 e. The molecule has 1 unspecified atom stereocenters. The maximum absolute atomic E-state index is 5.37. The van der Waals surface area contributed by atoms with Crippen molar-refractivity contribution < 1.29 is 4.74 Å². The monoisotopic (exact) mass is 160 g/mol. The van der Waals surface area contributed by atoms with Crippen LogP contribution >= 0.6 is 0 Å². The normalized spacial score (nSPS) is 13.9. The molecule has 0 aromatic rings. The van der Waals surface area contributed by atoms with E-state index >= 15 is 0 Å². The Labute approximate surface area is 69.3 Å². The minimum atomic E-state index is 0.421. The molecule has 0 aromatic heterocycles. The number of ether oxygens (including phenoxy) is 1. The van der Waals surface area contributed by atoms with Crippen molar-refractivity contribution in [3.63, 3.8) is 0 Å². The van der Waals surface area contributed by atoms with E-state index in [9.17, 15) is 0 Å². The van der Waals surface area contributed by atoms with Crippen LogP contribution in [0.15, 0.2) is 0 Å². The molecule has 0 saturated carbocycles. The second kappa shape index (κ2) is 6.58. The van der Waals surface area contributed by atoms with Crippen molar-refractivity contribution in [1.82, 2.24) is 5.43 Å². The average molecular weight is 160 g/mol. The zero-order valence-electron chi connectivity index (χ0n) is 7.76. The summed E-state index contributed by atoms with van der Waals surface area (Å²) in [5, 5.41) is 0. The number of nitrogens with one attached hydrogen (secondary N) is 1. The van der Waals surface area contributed by atoms with E-state index in [-0.39, 0.29) is 0 Å². The van der Waals surface area contributed by atoms with Gasteiger partial charge in [-0.05, 0) is 18.8 Å². The number of hydrogen-bond acceptors (Lipinski definition) is 3. The fourth-order valence-electron chi connectivity index (χ4n) is 1.06. The van der Waals surface area contributed by atoms with Crippen molar-refractivity contribution in [3.05, 3.63) is 0 Å². The van der Waals surface area contributed by atoms with E-state index in [0.717, 1.165) is 19.4 Å². The Kier molecular flexibility index (Phi) is 6.51. The number of nitrogens with two attached hydrogens (primary N) is 1. The molecule has 0 fully saturated rings. The molecule has 0 spiro atoms. The van der Waals surface area contributed by atoms with Gasteiger partial charge in [-0.2, -0.15) is 0 Å². The summed E-state index contributed by atoms with van der Waals surface area (Å²) in [5.74, 6) is 5.96. The molecule has 11 heavy (non-hydrogen) atoms. The third-order valence-corrected chi connectivity index (χ3v) is 1.88. The summed E-state index contributed by atoms with van der Waals surface area (Å²) in [5.41, 5.74) is 2.80. The van der Waals surface area contributed by atoms with E-state index in [1.54, 1.807) is 7.11 Å². The lowest BCUT2D eigenvalue weighted by atomic mass is 10.0. The number of methoxy groups -OCH3 is 1. The fourth-order valence-corrected chi connectivity index (χ4v) is 1.06. The summed E-state index contributed by atoms with van der Waals surface area (Å²) < 4.78 is 4.95. The Morgan fingerprint density at radius 1 is 1.45 bits per heavy atom. The van der Waals surface area contributed by atoms with Crippen molar-refractivity contribution in [3.8, 4) is 0 Å². The fraction of sp³-hybridized carbons (Fsp3) is 1.00. The lowest BCUT2D eigenvalue weighted by Gasteiger charge is -2.19. The van der Waals surface area contributed by atoms with E-state index in [0.29, 0.717) is 12.0 Å². The first-order valence-corrected chi connectivity index (χ1v) is 4.17. The summed E-state index contributed by atoms with van der Waals surface area (Å²) in [6.45, 7) is 5.15. The van der Waals surface area contributed by atoms with Crippen LogP contribution in [0.4, 0.5) is 0 Å². The van der Waals surface area contributed by atoms with Gasteiger partial charge in [0.05, 0.1) is 0 Å². The van der Waals surface area contributed by atoms with E-state index in [2.05, 4.69) is 19.3 Å². The second-order valence-corrected chi connectivity index (χ2v) is 3.15. The predicted octanol–water partition coefficient (Wildman–Crippen LogP) is 0.901. The molecule has 0 saturated heterocycles. The largest absolute Gasteiger partial charge is 0.385 e. The van der Waals surface area contributed by atoms with Gasteiger partial charge in [0.25, 0.3) is 0 Å². The summed E-state index contributed by atoms with van der Waals surface area (Å²) >= 11 is 0. The number of hydrazine groups is 1. The summed E-state index contributed by atoms with van der Waals surface area (Å²) in [6, 6.07) is 0.421. The van der Waals surface area contributed by atoms with Crippen LogP contribution in [0.3, 0.4) is 0 Å². The zero-order chi connectivity index (χ0) is 8.69. The summed E-state index contributed by atoms with van der Waals surface area (Å²) in [4.78, 5) is 0. The Hall–Kier alpha value is -0.120. The van der Waals surface area contributed by atoms with E-state index < -0.39 is 0 Å². The number of hydrogen-bond donors (Lipinski definition) is 2. The standard InChI is InChI=1S/C8H20N2O/c1-7(2)8(10-9)5-4-6-11-3/h7-8,10H,4-6,9H2,1-3H3. The van der Waals surface area contributed by atoms with Crippen LogP contribution in [-0.4, -0.2) is 19.8 Å². The third kappa shape index (κ3) is 5.18. The highest BCUT2D eigenvalue weighted by atomic mass is 16.5. The van der Waals surface area contributed by atoms with Gasteiger partial charge in [-0.3, -0.25) is 11.3 Å². The third-order valence-electron chi connectivity index (χ3n) is 1.88. The zero-order valence-corrected chi connectivity index (χ0v) is 7.76. The molecule has 0 amide bonds. The molecule has 3 nitrogen and oxygen atoms in total. The van der Waals surface area contributed by atoms with Gasteiger partial charge in [0.15, 0.2) is 0 Å². The van der Waals surface area contributed by atoms with Crippen LogP contribution in [0.25, 0.3) is 0 Å². The summed E-state index contributed by atoms with van der Waals surface area (Å²) in [7, 11) is 1.72. The van der Waals surface area contributed by atoms with Gasteiger partial charge in [-0.15, -0.1) is 0 Å². The Balaban J connectivity index is 3.36. The van der Waals surface area contributed by atoms with Crippen molar-refractivity contribution in [2.75, 3.05) is 13.7 Å². The highest BCUT2D eigenvalue weighted by Gasteiger charge is 2.09. The van der Waals surface area contributed by atoms with Crippen LogP contribution in [-0.2, 0) is 4.74 Å². The van der Waals surface area contributed by atoms with E-state index in [1.165, 1.54) is 0 Å². The molecular weight excluding hydrogens is 140 g/mol. The molecule has 0 aliphatic rings. The van der Waals surface area contributed by atoms with Crippen LogP contribution in [0.5, 0.6) is 0 Å². The van der Waals surface area contributed by atoms with Crippen LogP contribution < -0.4 is 11.3 Å². The highest BCUT2D eigenvalue weighted by molar-refractivity contribution is 4.66. The first-order chi connectivity index (χ1) is 5.22. The molecule has 68 valence electrons. The van der Waals surface area contributed by atoms with Gasteiger partial charge in [0, 0.05) is 19.8 Å². The van der Waals surface area contributed by atoms with Gasteiger partial charge in [-0.1, -0.05) is 13.8 Å². The minimum absolute atomic E-state index is 0.421. The molecule has 0 heterocycles. The highest BCUT2D eigenvalue weighted by Crippen LogP contribution is 2.06. The maximum atomic E-state index is 5.37. The number of rotatable bonds is 6. The van der Waals surface area contributed by atoms with E-state index in [1.807, 2.05) is 0 Å². The van der Waals surface area contributed by atoms with Gasteiger partial charge >= 0.3 is 0 Å². The van der Waals surface area contributed by atoms with E-state index in [4.69, 9.17) is 10.6 Å². The Morgan fingerprint density at radius 2 is 2.09 bits per heavy atom. The molecule has 1 atom stereocenters. The van der Waals surface area contributed by atoms with Crippen LogP contribution in [0.1, 0.15) is 26.7 Å². The first-order valence-electron chi connectivity index (χ1n) is 4.17. The molecule has 0 aliphatic heterocycles. The van der Waals surface area contributed by atoms with Crippen molar-refractivity contribution in [2.24, 2.45) is 11.8 Å². The topological polar surface area (TPSA) is 47.3 Å². The molecule has 3 N–H and O–H groups in total. The predicted molar refractivity (Wildman–Crippen MR) is 47.1 cm³/mol. The lowest BCUT2D eigenvalue weighted by Crippen LogP contribution is -2.39. The first kappa shape index (κ1) is 10.9. The molecule has 3 heteroatoms. The van der Waals surface area contributed by atoms with Gasteiger partial charge < -0.3 is 4.74 Å². The van der Waals surface area contributed by atoms with Gasteiger partial charge in [0.1, 0.15) is 0 Å². The molecular formula is C8H20N2O. The van der Waals surface area contributed by atoms with Gasteiger partial charge in [-0.25, -0.2) is 0 Å². The van der Waals surface area contributed by atoms with Crippen molar-refractivity contribution in [2.45, 2.75) is 32.7 Å². The lowest BCUT2D eigenvalue weighted by molar-refractivity contribution is 0.185. The molecule has 0 radical (unpaired) electrons. The van der Waals surface area contributed by atoms with Crippen molar-refractivity contribution >= 4 is 0 Å². The second-order valence-electron chi connectivity index (χ2n) is 3.15. The molecule has 0 aromatic carbocycles. The van der Waals surface area contributed by atoms with Gasteiger partial charge in [0.2, 0.25) is 0 Å². The molecule has 0 rings (SSSR count). The SMILES string of the molecule is COCCCC(NN)C(C)C. The quantitative estimate of drug-likeness (QED) is 0.345. The average Bonchev–Trinajstić information content (AvgIpc) is 1.97. The Morgan fingerprint density at radius 3 is 2.45 bits per heavy atom. The van der Waals surface area contributed by atoms with Crippen LogP contribution in [0.2, 0.25) is 0 Å². The van der Waals surface area contributed by atoms with Crippen molar-refractivity contribution in [1.29, 1.82) is 0 Å². The molecule has 0 aliphatic carbocycles. The summed E-state index contributed by atoms with van der Waals surface area (Å²) in [6.07, 6.45) is 2.16. The minimum Gasteiger partial charge on any atom is -0.385 e. The molecule has 0 bridgehead atoms.